The van der Waals surface area contributed by atoms with E-state index in [0.29, 0.717) is 0 Å². The van der Waals surface area contributed by atoms with Gasteiger partial charge in [-0.15, -0.1) is 11.3 Å². The zero-order valence-corrected chi connectivity index (χ0v) is 17.8. The molecule has 0 radical (unpaired) electrons. The smallest absolute Gasteiger partial charge is 0.244 e. The number of nitrogens with one attached hydrogen (secondary N) is 1. The highest BCUT2D eigenvalue weighted by Crippen LogP contribution is 2.24. The molecule has 1 aromatic heterocycles. The number of aliphatic imine (C=N–C) groups is 1. The molecule has 5 nitrogen and oxygen atoms in total. The van der Waals surface area contributed by atoms with Gasteiger partial charge < -0.3 is 15.1 Å². The third-order valence-electron chi connectivity index (χ3n) is 5.51. The SMILES string of the molecule is CCNC(=NCC(=O)N1CCc2sccc2C1)N1CC=C(c2ccccc2)CC1. The second-order valence-corrected chi connectivity index (χ2v) is 8.40. The van der Waals surface area contributed by atoms with E-state index in [0.717, 1.165) is 51.5 Å². The van der Waals surface area contributed by atoms with Gasteiger partial charge in [-0.05, 0) is 47.9 Å². The maximum absolute atomic E-state index is 12.7. The van der Waals surface area contributed by atoms with Crippen LogP contribution in [-0.2, 0) is 17.8 Å². The minimum Gasteiger partial charge on any atom is -0.356 e. The van der Waals surface area contributed by atoms with Crippen molar-refractivity contribution < 1.29 is 4.79 Å². The van der Waals surface area contributed by atoms with Gasteiger partial charge in [-0.2, -0.15) is 0 Å². The second-order valence-electron chi connectivity index (χ2n) is 7.40. The molecule has 2 aliphatic heterocycles. The van der Waals surface area contributed by atoms with E-state index in [1.54, 1.807) is 11.3 Å². The van der Waals surface area contributed by atoms with Crippen molar-refractivity contribution in [3.8, 4) is 0 Å². The van der Waals surface area contributed by atoms with Crippen LogP contribution >= 0.6 is 11.3 Å². The quantitative estimate of drug-likeness (QED) is 0.623. The molecule has 1 amide bonds. The number of carbonyl (C=O) groups excluding carboxylic acids is 1. The van der Waals surface area contributed by atoms with Crippen molar-refractivity contribution in [3.05, 3.63) is 63.9 Å². The summed E-state index contributed by atoms with van der Waals surface area (Å²) in [5.74, 6) is 0.937. The first kappa shape index (κ1) is 19.7. The van der Waals surface area contributed by atoms with E-state index in [2.05, 4.69) is 63.9 Å². The summed E-state index contributed by atoms with van der Waals surface area (Å²) in [5, 5.41) is 5.47. The van der Waals surface area contributed by atoms with Crippen molar-refractivity contribution in [1.29, 1.82) is 0 Å². The Labute approximate surface area is 176 Å². The first-order chi connectivity index (χ1) is 14.2. The van der Waals surface area contributed by atoms with E-state index < -0.39 is 0 Å². The molecule has 0 fully saturated rings. The molecular formula is C23H28N4OS. The van der Waals surface area contributed by atoms with E-state index >= 15 is 0 Å². The molecule has 29 heavy (non-hydrogen) atoms. The molecule has 2 aromatic rings. The fraction of sp³-hybridized carbons (Fsp3) is 0.391. The Kier molecular flexibility index (Phi) is 6.30. The topological polar surface area (TPSA) is 47.9 Å². The summed E-state index contributed by atoms with van der Waals surface area (Å²) >= 11 is 1.79. The van der Waals surface area contributed by atoms with Crippen LogP contribution in [0.1, 0.15) is 29.3 Å². The van der Waals surface area contributed by atoms with Gasteiger partial charge >= 0.3 is 0 Å². The van der Waals surface area contributed by atoms with Crippen molar-refractivity contribution in [2.24, 2.45) is 4.99 Å². The Morgan fingerprint density at radius 1 is 1.14 bits per heavy atom. The summed E-state index contributed by atoms with van der Waals surface area (Å²) in [5.41, 5.74) is 3.97. The van der Waals surface area contributed by atoms with Crippen LogP contribution < -0.4 is 5.32 Å². The van der Waals surface area contributed by atoms with Gasteiger partial charge in [0.25, 0.3) is 0 Å². The number of amides is 1. The third-order valence-corrected chi connectivity index (χ3v) is 6.54. The van der Waals surface area contributed by atoms with Crippen molar-refractivity contribution in [2.45, 2.75) is 26.3 Å². The van der Waals surface area contributed by atoms with Crippen molar-refractivity contribution in [2.75, 3.05) is 32.7 Å². The van der Waals surface area contributed by atoms with Gasteiger partial charge in [0.05, 0.1) is 0 Å². The van der Waals surface area contributed by atoms with Crippen LogP contribution in [0, 0.1) is 0 Å². The van der Waals surface area contributed by atoms with Gasteiger partial charge in [0.15, 0.2) is 5.96 Å². The van der Waals surface area contributed by atoms with Crippen LogP contribution in [0.25, 0.3) is 5.57 Å². The molecule has 152 valence electrons. The highest BCUT2D eigenvalue weighted by Gasteiger charge is 2.22. The van der Waals surface area contributed by atoms with Gasteiger partial charge in [-0.3, -0.25) is 4.79 Å². The third kappa shape index (κ3) is 4.70. The fourth-order valence-corrected chi connectivity index (χ4v) is 4.80. The summed E-state index contributed by atoms with van der Waals surface area (Å²) in [6.07, 6.45) is 4.22. The van der Waals surface area contributed by atoms with E-state index in [1.165, 1.54) is 21.6 Å². The number of benzene rings is 1. The lowest BCUT2D eigenvalue weighted by atomic mass is 10.00. The molecule has 3 heterocycles. The van der Waals surface area contributed by atoms with Crippen molar-refractivity contribution in [3.63, 3.8) is 0 Å². The van der Waals surface area contributed by atoms with E-state index in [9.17, 15) is 4.79 Å². The first-order valence-electron chi connectivity index (χ1n) is 10.4. The Bertz CT molecular complexity index is 903. The molecular weight excluding hydrogens is 380 g/mol. The zero-order chi connectivity index (χ0) is 20.1. The molecule has 0 saturated carbocycles. The van der Waals surface area contributed by atoms with Crippen LogP contribution in [0.4, 0.5) is 0 Å². The molecule has 0 unspecified atom stereocenters. The molecule has 2 aliphatic rings. The molecule has 4 rings (SSSR count). The zero-order valence-electron chi connectivity index (χ0n) is 16.9. The van der Waals surface area contributed by atoms with Crippen molar-refractivity contribution >= 4 is 28.8 Å². The number of fused-ring (bicyclic) bond motifs is 1. The lowest BCUT2D eigenvalue weighted by molar-refractivity contribution is -0.130. The van der Waals surface area contributed by atoms with Crippen LogP contribution in [0.5, 0.6) is 0 Å². The number of hydrogen-bond donors (Lipinski definition) is 1. The molecule has 1 aromatic carbocycles. The fourth-order valence-electron chi connectivity index (χ4n) is 3.91. The average Bonchev–Trinajstić information content (AvgIpc) is 3.25. The number of guanidine groups is 1. The minimum atomic E-state index is 0.106. The molecule has 1 N–H and O–H groups in total. The Balaban J connectivity index is 1.38. The van der Waals surface area contributed by atoms with Crippen LogP contribution in [-0.4, -0.2) is 54.4 Å². The largest absolute Gasteiger partial charge is 0.356 e. The Hall–Kier alpha value is -2.60. The van der Waals surface area contributed by atoms with Crippen LogP contribution in [0.2, 0.25) is 0 Å². The van der Waals surface area contributed by atoms with Crippen molar-refractivity contribution in [1.82, 2.24) is 15.1 Å². The Morgan fingerprint density at radius 3 is 2.72 bits per heavy atom. The second kappa shape index (κ2) is 9.27. The normalized spacial score (nSPS) is 17.0. The van der Waals surface area contributed by atoms with E-state index in [-0.39, 0.29) is 12.5 Å². The Morgan fingerprint density at radius 2 is 1.97 bits per heavy atom. The molecule has 0 aliphatic carbocycles. The maximum Gasteiger partial charge on any atom is 0.244 e. The summed E-state index contributed by atoms with van der Waals surface area (Å²) in [7, 11) is 0. The minimum absolute atomic E-state index is 0.106. The maximum atomic E-state index is 12.7. The highest BCUT2D eigenvalue weighted by atomic mass is 32.1. The number of carbonyl (C=O) groups is 1. The van der Waals surface area contributed by atoms with Crippen LogP contribution in [0.15, 0.2) is 52.8 Å². The highest BCUT2D eigenvalue weighted by molar-refractivity contribution is 7.10. The first-order valence-corrected chi connectivity index (χ1v) is 11.2. The standard InChI is InChI=1S/C23H28N4OS/c1-2-24-23(26-12-8-19(9-13-26)18-6-4-3-5-7-18)25-16-22(28)27-14-10-21-20(17-27)11-15-29-21/h3-8,11,15H,2,9-10,12-14,16-17H2,1H3,(H,24,25). The predicted molar refractivity (Wildman–Crippen MR) is 120 cm³/mol. The molecule has 0 saturated heterocycles. The predicted octanol–water partition coefficient (Wildman–Crippen LogP) is 3.39. The number of hydrogen-bond acceptors (Lipinski definition) is 3. The lowest BCUT2D eigenvalue weighted by Gasteiger charge is -2.30. The van der Waals surface area contributed by atoms with E-state index in [1.807, 2.05) is 11.0 Å². The van der Waals surface area contributed by atoms with Crippen LogP contribution in [0.3, 0.4) is 0 Å². The lowest BCUT2D eigenvalue weighted by Crippen LogP contribution is -2.44. The summed E-state index contributed by atoms with van der Waals surface area (Å²) in [6, 6.07) is 12.7. The number of thiophene rings is 1. The molecule has 0 bridgehead atoms. The van der Waals surface area contributed by atoms with Gasteiger partial charge in [0, 0.05) is 37.6 Å². The average molecular weight is 409 g/mol. The summed E-state index contributed by atoms with van der Waals surface area (Å²) in [6.45, 7) is 6.29. The van der Waals surface area contributed by atoms with Gasteiger partial charge in [-0.25, -0.2) is 4.99 Å². The number of nitrogens with zero attached hydrogens (tertiary/aromatic N) is 3. The van der Waals surface area contributed by atoms with Gasteiger partial charge in [0.2, 0.25) is 5.91 Å². The molecule has 6 heteroatoms. The van der Waals surface area contributed by atoms with E-state index in [4.69, 9.17) is 0 Å². The molecule has 0 spiro atoms. The summed E-state index contributed by atoms with van der Waals surface area (Å²) in [4.78, 5) is 23.0. The molecule has 0 atom stereocenters. The van der Waals surface area contributed by atoms with Gasteiger partial charge in [-0.1, -0.05) is 36.4 Å². The summed E-state index contributed by atoms with van der Waals surface area (Å²) < 4.78 is 0. The van der Waals surface area contributed by atoms with Gasteiger partial charge in [0.1, 0.15) is 6.54 Å². The number of rotatable bonds is 4. The monoisotopic (exact) mass is 408 g/mol.